The number of carbonyl (C=O) groups excluding carboxylic acids is 1. The van der Waals surface area contributed by atoms with Crippen LogP contribution >= 0.6 is 0 Å². The summed E-state index contributed by atoms with van der Waals surface area (Å²) in [6.07, 6.45) is 20.5. The maximum atomic E-state index is 11.4. The summed E-state index contributed by atoms with van der Waals surface area (Å²) < 4.78 is 5.05. The van der Waals surface area contributed by atoms with Crippen LogP contribution in [0.2, 0.25) is 0 Å². The minimum Gasteiger partial charge on any atom is -0.466 e. The van der Waals surface area contributed by atoms with Crippen molar-refractivity contribution in [2.24, 2.45) is 17.8 Å². The number of unbranched alkanes of at least 4 members (excludes halogenated alkanes) is 5. The van der Waals surface area contributed by atoms with Gasteiger partial charge in [0.2, 0.25) is 0 Å². The zero-order valence-electron chi connectivity index (χ0n) is 15.9. The van der Waals surface area contributed by atoms with E-state index in [4.69, 9.17) is 4.74 Å². The molecule has 142 valence electrons. The Bertz CT molecular complexity index is 441. The Morgan fingerprint density at radius 1 is 1.12 bits per heavy atom. The van der Waals surface area contributed by atoms with Crippen molar-refractivity contribution in [1.82, 2.24) is 0 Å². The third-order valence-electron chi connectivity index (χ3n) is 5.83. The van der Waals surface area contributed by atoms with Gasteiger partial charge in [0.15, 0.2) is 0 Å². The van der Waals surface area contributed by atoms with Crippen molar-refractivity contribution in [1.29, 1.82) is 0 Å². The van der Waals surface area contributed by atoms with Crippen LogP contribution in [-0.4, -0.2) is 23.8 Å². The predicted molar refractivity (Wildman–Crippen MR) is 102 cm³/mol. The number of hydrogen-bond donors (Lipinski definition) is 1. The molecule has 1 saturated heterocycles. The molecule has 2 fully saturated rings. The van der Waals surface area contributed by atoms with E-state index in [2.05, 4.69) is 19.1 Å². The van der Waals surface area contributed by atoms with Crippen LogP contribution in [-0.2, 0) is 9.53 Å². The molecule has 0 spiro atoms. The van der Waals surface area contributed by atoms with Crippen LogP contribution in [0.1, 0.15) is 77.6 Å². The van der Waals surface area contributed by atoms with Crippen molar-refractivity contribution in [3.05, 3.63) is 24.3 Å². The van der Waals surface area contributed by atoms with E-state index >= 15 is 0 Å². The number of esters is 1. The zero-order valence-corrected chi connectivity index (χ0v) is 15.9. The van der Waals surface area contributed by atoms with Gasteiger partial charge in [0.25, 0.3) is 0 Å². The lowest BCUT2D eigenvalue weighted by Gasteiger charge is -2.41. The van der Waals surface area contributed by atoms with Crippen molar-refractivity contribution in [2.75, 3.05) is 6.61 Å². The molecule has 2 unspecified atom stereocenters. The number of rotatable bonds is 11. The Kier molecular flexibility index (Phi) is 9.31. The molecule has 0 bridgehead atoms. The van der Waals surface area contributed by atoms with Crippen molar-refractivity contribution in [2.45, 2.75) is 83.7 Å². The Balaban J connectivity index is 1.59. The van der Waals surface area contributed by atoms with E-state index in [0.717, 1.165) is 19.3 Å². The zero-order chi connectivity index (χ0) is 17.9. The SMILES string of the molecule is CCCCCCCCC(O)/C=C/C=C/[C@H]1CC[C@H]1C1CCOC(=O)C1. The largest absolute Gasteiger partial charge is 0.466 e. The summed E-state index contributed by atoms with van der Waals surface area (Å²) in [5.41, 5.74) is 0. The van der Waals surface area contributed by atoms with Gasteiger partial charge in [-0.1, -0.05) is 69.8 Å². The molecular weight excluding hydrogens is 312 g/mol. The summed E-state index contributed by atoms with van der Waals surface area (Å²) in [5, 5.41) is 10.0. The molecule has 1 N–H and O–H groups in total. The second-order valence-electron chi connectivity index (χ2n) is 7.77. The molecule has 3 nitrogen and oxygen atoms in total. The summed E-state index contributed by atoms with van der Waals surface area (Å²) in [4.78, 5) is 11.4. The fourth-order valence-electron chi connectivity index (χ4n) is 4.07. The quantitative estimate of drug-likeness (QED) is 0.317. The molecule has 0 aromatic carbocycles. The summed E-state index contributed by atoms with van der Waals surface area (Å²) in [5.74, 6) is 1.72. The number of cyclic esters (lactones) is 1. The normalized spacial score (nSPS) is 28.2. The van der Waals surface area contributed by atoms with Crippen LogP contribution in [0.25, 0.3) is 0 Å². The van der Waals surface area contributed by atoms with Crippen LogP contribution in [0.4, 0.5) is 0 Å². The molecule has 4 atom stereocenters. The lowest BCUT2D eigenvalue weighted by Crippen LogP contribution is -2.36. The average molecular weight is 349 g/mol. The Morgan fingerprint density at radius 2 is 1.92 bits per heavy atom. The van der Waals surface area contributed by atoms with Gasteiger partial charge in [-0.3, -0.25) is 4.79 Å². The third-order valence-corrected chi connectivity index (χ3v) is 5.83. The molecular formula is C22H36O3. The van der Waals surface area contributed by atoms with Crippen LogP contribution in [0.5, 0.6) is 0 Å². The van der Waals surface area contributed by atoms with Gasteiger partial charge in [0, 0.05) is 6.42 Å². The third kappa shape index (κ3) is 7.35. The van der Waals surface area contributed by atoms with Gasteiger partial charge >= 0.3 is 5.97 Å². The molecule has 0 radical (unpaired) electrons. The molecule has 1 heterocycles. The summed E-state index contributed by atoms with van der Waals surface area (Å²) >= 11 is 0. The van der Waals surface area contributed by atoms with E-state index in [1.807, 2.05) is 12.2 Å². The maximum absolute atomic E-state index is 11.4. The Labute approximate surface area is 153 Å². The highest BCUT2D eigenvalue weighted by Gasteiger charge is 2.37. The van der Waals surface area contributed by atoms with Crippen LogP contribution in [0, 0.1) is 17.8 Å². The van der Waals surface area contributed by atoms with E-state index < -0.39 is 0 Å². The number of ether oxygens (including phenoxy) is 1. The van der Waals surface area contributed by atoms with Crippen LogP contribution in [0.3, 0.4) is 0 Å². The van der Waals surface area contributed by atoms with Crippen molar-refractivity contribution in [3.8, 4) is 0 Å². The number of aliphatic hydroxyl groups excluding tert-OH is 1. The van der Waals surface area contributed by atoms with E-state index in [1.54, 1.807) is 0 Å². The molecule has 0 aromatic heterocycles. The standard InChI is InChI=1S/C22H36O3/c1-2-3-4-5-6-7-11-20(23)12-9-8-10-18-13-14-21(18)19-15-16-25-22(24)17-19/h8-10,12,18-21,23H,2-7,11,13-17H2,1H3/b10-8+,12-9+/t18-,19?,20?,21+/m0/s1. The summed E-state index contributed by atoms with van der Waals surface area (Å²) in [7, 11) is 0. The maximum Gasteiger partial charge on any atom is 0.306 e. The highest BCUT2D eigenvalue weighted by Crippen LogP contribution is 2.44. The van der Waals surface area contributed by atoms with Crippen LogP contribution < -0.4 is 0 Å². The molecule has 25 heavy (non-hydrogen) atoms. The highest BCUT2D eigenvalue weighted by atomic mass is 16.5. The van der Waals surface area contributed by atoms with Crippen molar-refractivity contribution < 1.29 is 14.6 Å². The Hall–Kier alpha value is -1.09. The number of allylic oxidation sites excluding steroid dienone is 3. The molecule has 1 aliphatic heterocycles. The number of aliphatic hydroxyl groups is 1. The van der Waals surface area contributed by atoms with E-state index in [-0.39, 0.29) is 12.1 Å². The first-order chi connectivity index (χ1) is 12.2. The fraction of sp³-hybridized carbons (Fsp3) is 0.773. The Morgan fingerprint density at radius 3 is 2.64 bits per heavy atom. The van der Waals surface area contributed by atoms with Gasteiger partial charge < -0.3 is 9.84 Å². The number of carbonyl (C=O) groups is 1. The second-order valence-corrected chi connectivity index (χ2v) is 7.77. The fourth-order valence-corrected chi connectivity index (χ4v) is 4.07. The first-order valence-corrected chi connectivity index (χ1v) is 10.4. The van der Waals surface area contributed by atoms with Crippen molar-refractivity contribution >= 4 is 5.97 Å². The van der Waals surface area contributed by atoms with Gasteiger partial charge in [-0.25, -0.2) is 0 Å². The first-order valence-electron chi connectivity index (χ1n) is 10.4. The predicted octanol–water partition coefficient (Wildman–Crippen LogP) is 5.19. The number of hydrogen-bond acceptors (Lipinski definition) is 3. The second kappa shape index (κ2) is 11.5. The monoisotopic (exact) mass is 348 g/mol. The molecule has 2 aliphatic rings. The van der Waals surface area contributed by atoms with E-state index in [1.165, 1.54) is 44.9 Å². The average Bonchev–Trinajstić information content (AvgIpc) is 2.57. The van der Waals surface area contributed by atoms with Gasteiger partial charge in [-0.2, -0.15) is 0 Å². The van der Waals surface area contributed by atoms with Gasteiger partial charge in [0.05, 0.1) is 12.7 Å². The lowest BCUT2D eigenvalue weighted by atomic mass is 9.65. The molecule has 2 rings (SSSR count). The summed E-state index contributed by atoms with van der Waals surface area (Å²) in [6, 6.07) is 0. The van der Waals surface area contributed by atoms with E-state index in [9.17, 15) is 9.90 Å². The van der Waals surface area contributed by atoms with Crippen LogP contribution in [0.15, 0.2) is 24.3 Å². The molecule has 3 heteroatoms. The summed E-state index contributed by atoms with van der Waals surface area (Å²) in [6.45, 7) is 2.83. The minimum atomic E-state index is -0.318. The smallest absolute Gasteiger partial charge is 0.306 e. The molecule has 1 saturated carbocycles. The van der Waals surface area contributed by atoms with Gasteiger partial charge in [0.1, 0.15) is 0 Å². The first kappa shape index (κ1) is 20.2. The molecule has 0 aromatic rings. The van der Waals surface area contributed by atoms with Gasteiger partial charge in [-0.15, -0.1) is 0 Å². The lowest BCUT2D eigenvalue weighted by molar-refractivity contribution is -0.151. The van der Waals surface area contributed by atoms with Gasteiger partial charge in [-0.05, 0) is 43.4 Å². The molecule has 1 aliphatic carbocycles. The topological polar surface area (TPSA) is 46.5 Å². The highest BCUT2D eigenvalue weighted by molar-refractivity contribution is 5.70. The minimum absolute atomic E-state index is 0.0245. The van der Waals surface area contributed by atoms with Crippen molar-refractivity contribution in [3.63, 3.8) is 0 Å². The van der Waals surface area contributed by atoms with E-state index in [0.29, 0.717) is 30.8 Å². The molecule has 0 amide bonds.